The van der Waals surface area contributed by atoms with E-state index in [2.05, 4.69) is 10.3 Å². The first-order chi connectivity index (χ1) is 12.4. The van der Waals surface area contributed by atoms with Gasteiger partial charge < -0.3 is 15.8 Å². The molecule has 3 aromatic rings. The summed E-state index contributed by atoms with van der Waals surface area (Å²) >= 11 is 5.94. The van der Waals surface area contributed by atoms with E-state index in [1.807, 2.05) is 0 Å². The number of nitrogens with zero attached hydrogens (tertiary/aromatic N) is 1. The second-order valence-corrected chi connectivity index (χ2v) is 6.01. The van der Waals surface area contributed by atoms with Crippen LogP contribution in [0.3, 0.4) is 0 Å². The molecule has 1 amide bonds. The summed E-state index contributed by atoms with van der Waals surface area (Å²) in [4.78, 5) is 15.9. The lowest BCUT2D eigenvalue weighted by atomic mass is 10.1. The molecule has 0 saturated heterocycles. The molecule has 7 heteroatoms. The number of carbonyl (C=O) groups excluding carboxylic acids is 1. The highest BCUT2D eigenvalue weighted by Crippen LogP contribution is 2.26. The van der Waals surface area contributed by atoms with E-state index in [1.165, 1.54) is 13.0 Å². The van der Waals surface area contributed by atoms with Crippen LogP contribution in [0, 0.1) is 12.9 Å². The summed E-state index contributed by atoms with van der Waals surface area (Å²) in [6.45, 7) is 1.51. The number of rotatable bonds is 4. The van der Waals surface area contributed by atoms with Gasteiger partial charge in [0.15, 0.2) is 0 Å². The van der Waals surface area contributed by atoms with Crippen molar-refractivity contribution >= 4 is 29.0 Å². The second kappa shape index (κ2) is 7.41. The maximum atomic E-state index is 13.4. The first-order valence-corrected chi connectivity index (χ1v) is 8.07. The molecule has 0 radical (unpaired) electrons. The van der Waals surface area contributed by atoms with Crippen LogP contribution in [0.5, 0.6) is 11.5 Å². The standard InChI is InChI=1S/C19H15ClFN3O2/c1-11-8-16(18(22)24-17(11)21)19(25)23-13-5-3-7-15(10-13)26-14-6-2-4-12(20)9-14/h2-10H,1H3,(H2,22,24)(H,23,25). The molecule has 0 atom stereocenters. The van der Waals surface area contributed by atoms with Crippen LogP contribution in [0.25, 0.3) is 0 Å². The van der Waals surface area contributed by atoms with Crippen LogP contribution in [0.4, 0.5) is 15.9 Å². The van der Waals surface area contributed by atoms with Gasteiger partial charge in [-0.2, -0.15) is 4.39 Å². The lowest BCUT2D eigenvalue weighted by Crippen LogP contribution is -2.16. The molecule has 3 N–H and O–H groups in total. The SMILES string of the molecule is Cc1cc(C(=O)Nc2cccc(Oc3cccc(Cl)c3)c2)c(N)nc1F. The summed E-state index contributed by atoms with van der Waals surface area (Å²) in [5, 5.41) is 3.25. The Bertz CT molecular complexity index is 979. The molecule has 0 fully saturated rings. The number of pyridine rings is 1. The van der Waals surface area contributed by atoms with Crippen molar-refractivity contribution in [2.75, 3.05) is 11.1 Å². The molecular weight excluding hydrogens is 357 g/mol. The molecule has 0 unspecified atom stereocenters. The van der Waals surface area contributed by atoms with Crippen molar-refractivity contribution in [3.05, 3.63) is 76.7 Å². The van der Waals surface area contributed by atoms with Crippen molar-refractivity contribution in [3.8, 4) is 11.5 Å². The summed E-state index contributed by atoms with van der Waals surface area (Å²) in [6.07, 6.45) is 0. The van der Waals surface area contributed by atoms with E-state index in [1.54, 1.807) is 48.5 Å². The lowest BCUT2D eigenvalue weighted by Gasteiger charge is -2.10. The van der Waals surface area contributed by atoms with Crippen LogP contribution in [-0.2, 0) is 0 Å². The van der Waals surface area contributed by atoms with Crippen LogP contribution >= 0.6 is 11.6 Å². The number of halogens is 2. The highest BCUT2D eigenvalue weighted by Gasteiger charge is 2.14. The highest BCUT2D eigenvalue weighted by atomic mass is 35.5. The summed E-state index contributed by atoms with van der Waals surface area (Å²) in [6, 6.07) is 15.2. The third-order valence-electron chi connectivity index (χ3n) is 3.55. The average molecular weight is 372 g/mol. The minimum Gasteiger partial charge on any atom is -0.457 e. The van der Waals surface area contributed by atoms with Gasteiger partial charge in [-0.25, -0.2) is 4.98 Å². The molecule has 132 valence electrons. The number of carbonyl (C=O) groups is 1. The van der Waals surface area contributed by atoms with Gasteiger partial charge in [-0.1, -0.05) is 23.7 Å². The van der Waals surface area contributed by atoms with Crippen LogP contribution < -0.4 is 15.8 Å². The van der Waals surface area contributed by atoms with E-state index in [9.17, 15) is 9.18 Å². The van der Waals surface area contributed by atoms with E-state index in [0.717, 1.165) is 0 Å². The topological polar surface area (TPSA) is 77.2 Å². The third kappa shape index (κ3) is 4.10. The normalized spacial score (nSPS) is 10.4. The van der Waals surface area contributed by atoms with E-state index >= 15 is 0 Å². The third-order valence-corrected chi connectivity index (χ3v) is 3.78. The molecule has 1 heterocycles. The Morgan fingerprint density at radius 3 is 2.58 bits per heavy atom. The van der Waals surface area contributed by atoms with Gasteiger partial charge in [0.2, 0.25) is 5.95 Å². The Hall–Kier alpha value is -3.12. The molecule has 5 nitrogen and oxygen atoms in total. The molecule has 0 aliphatic carbocycles. The zero-order valence-corrected chi connectivity index (χ0v) is 14.5. The number of hydrogen-bond acceptors (Lipinski definition) is 4. The van der Waals surface area contributed by atoms with Crippen LogP contribution in [-0.4, -0.2) is 10.9 Å². The predicted octanol–water partition coefficient (Wildman–Crippen LogP) is 4.81. The number of aromatic nitrogens is 1. The Balaban J connectivity index is 1.78. The van der Waals surface area contributed by atoms with Crippen molar-refractivity contribution in [2.45, 2.75) is 6.92 Å². The maximum absolute atomic E-state index is 13.4. The molecule has 0 saturated carbocycles. The van der Waals surface area contributed by atoms with E-state index in [0.29, 0.717) is 22.2 Å². The Labute approximate surface area is 154 Å². The van der Waals surface area contributed by atoms with Gasteiger partial charge in [-0.05, 0) is 43.3 Å². The monoisotopic (exact) mass is 371 g/mol. The Kier molecular flexibility index (Phi) is 5.04. The van der Waals surface area contributed by atoms with Crippen molar-refractivity contribution < 1.29 is 13.9 Å². The zero-order chi connectivity index (χ0) is 18.7. The number of hydrogen-bond donors (Lipinski definition) is 2. The smallest absolute Gasteiger partial charge is 0.259 e. The van der Waals surface area contributed by atoms with Crippen LogP contribution in [0.1, 0.15) is 15.9 Å². The number of amides is 1. The fraction of sp³-hybridized carbons (Fsp3) is 0.0526. The van der Waals surface area contributed by atoms with Gasteiger partial charge in [-0.15, -0.1) is 0 Å². The molecule has 1 aromatic heterocycles. The van der Waals surface area contributed by atoms with Crippen LogP contribution in [0.15, 0.2) is 54.6 Å². The maximum Gasteiger partial charge on any atom is 0.259 e. The van der Waals surface area contributed by atoms with Gasteiger partial charge in [0.25, 0.3) is 5.91 Å². The number of nitrogens with one attached hydrogen (secondary N) is 1. The van der Waals surface area contributed by atoms with Crippen molar-refractivity contribution in [1.82, 2.24) is 4.98 Å². The fourth-order valence-corrected chi connectivity index (χ4v) is 2.47. The number of ether oxygens (including phenoxy) is 1. The zero-order valence-electron chi connectivity index (χ0n) is 13.8. The summed E-state index contributed by atoms with van der Waals surface area (Å²) < 4.78 is 19.1. The molecule has 3 rings (SSSR count). The molecule has 0 aliphatic heterocycles. The van der Waals surface area contributed by atoms with E-state index in [-0.39, 0.29) is 16.9 Å². The largest absolute Gasteiger partial charge is 0.457 e. The first-order valence-electron chi connectivity index (χ1n) is 7.70. The minimum absolute atomic E-state index is 0.102. The van der Waals surface area contributed by atoms with Gasteiger partial charge in [-0.3, -0.25) is 4.79 Å². The average Bonchev–Trinajstić information content (AvgIpc) is 2.58. The fourth-order valence-electron chi connectivity index (χ4n) is 2.29. The summed E-state index contributed by atoms with van der Waals surface area (Å²) in [5.74, 6) is -0.263. The van der Waals surface area contributed by atoms with Crippen LogP contribution in [0.2, 0.25) is 5.02 Å². The molecule has 26 heavy (non-hydrogen) atoms. The van der Waals surface area contributed by atoms with Crippen molar-refractivity contribution in [3.63, 3.8) is 0 Å². The molecule has 0 aliphatic rings. The predicted molar refractivity (Wildman–Crippen MR) is 99.3 cm³/mol. The quantitative estimate of drug-likeness (QED) is 0.645. The molecular formula is C19H15ClFN3O2. The number of aryl methyl sites for hydroxylation is 1. The van der Waals surface area contributed by atoms with Gasteiger partial charge in [0, 0.05) is 22.3 Å². The summed E-state index contributed by atoms with van der Waals surface area (Å²) in [7, 11) is 0. The summed E-state index contributed by atoms with van der Waals surface area (Å²) in [5.41, 5.74) is 6.48. The number of nitrogen functional groups attached to an aromatic ring is 1. The number of anilines is 2. The Morgan fingerprint density at radius 2 is 1.85 bits per heavy atom. The lowest BCUT2D eigenvalue weighted by molar-refractivity contribution is 0.102. The van der Waals surface area contributed by atoms with E-state index in [4.69, 9.17) is 22.1 Å². The van der Waals surface area contributed by atoms with E-state index < -0.39 is 11.9 Å². The van der Waals surface area contributed by atoms with Gasteiger partial charge in [0.1, 0.15) is 17.3 Å². The molecule has 2 aromatic carbocycles. The highest BCUT2D eigenvalue weighted by molar-refractivity contribution is 6.30. The number of benzene rings is 2. The minimum atomic E-state index is -0.698. The first kappa shape index (κ1) is 17.7. The number of nitrogens with two attached hydrogens (primary N) is 1. The molecule has 0 bridgehead atoms. The van der Waals surface area contributed by atoms with Gasteiger partial charge >= 0.3 is 0 Å². The molecule has 0 spiro atoms. The van der Waals surface area contributed by atoms with Crippen molar-refractivity contribution in [1.29, 1.82) is 0 Å². The second-order valence-electron chi connectivity index (χ2n) is 5.57. The van der Waals surface area contributed by atoms with Gasteiger partial charge in [0.05, 0.1) is 5.56 Å². The van der Waals surface area contributed by atoms with Crippen molar-refractivity contribution in [2.24, 2.45) is 0 Å². The Morgan fingerprint density at radius 1 is 1.15 bits per heavy atom.